The molecule has 2 N–H and O–H groups in total. The number of aliphatic hydroxyl groups is 1. The van der Waals surface area contributed by atoms with Gasteiger partial charge in [-0.1, -0.05) is 0 Å². The summed E-state index contributed by atoms with van der Waals surface area (Å²) in [7, 11) is 0. The van der Waals surface area contributed by atoms with E-state index in [-0.39, 0.29) is 0 Å². The van der Waals surface area contributed by atoms with Crippen molar-refractivity contribution >= 4 is 0 Å². The second kappa shape index (κ2) is 1.96. The van der Waals surface area contributed by atoms with Gasteiger partial charge in [0.25, 0.3) is 0 Å². The molecule has 2 fully saturated rings. The highest BCUT2D eigenvalue weighted by molar-refractivity contribution is 4.94. The number of fused-ring (bicyclic) bond motifs is 2. The second-order valence-electron chi connectivity index (χ2n) is 3.28. The van der Waals surface area contributed by atoms with Crippen LogP contribution in [0.25, 0.3) is 0 Å². The van der Waals surface area contributed by atoms with E-state index in [4.69, 9.17) is 5.11 Å². The zero-order valence-corrected chi connectivity index (χ0v) is 5.51. The topological polar surface area (TPSA) is 32.3 Å². The smallest absolute Gasteiger partial charge is 0.0462 e. The molecule has 0 unspecified atom stereocenters. The number of hydrogen-bond acceptors (Lipinski definition) is 2. The van der Waals surface area contributed by atoms with Crippen LogP contribution in [0.4, 0.5) is 0 Å². The lowest BCUT2D eigenvalue weighted by Gasteiger charge is -2.19. The third-order valence-corrected chi connectivity index (χ3v) is 2.74. The molecule has 0 aromatic heterocycles. The van der Waals surface area contributed by atoms with Crippen molar-refractivity contribution in [2.24, 2.45) is 11.8 Å². The molecule has 0 aromatic carbocycles. The van der Waals surface area contributed by atoms with E-state index in [1.807, 2.05) is 0 Å². The molecule has 1 aliphatic heterocycles. The van der Waals surface area contributed by atoms with Gasteiger partial charge in [-0.3, -0.25) is 0 Å². The van der Waals surface area contributed by atoms with E-state index in [0.29, 0.717) is 12.5 Å². The zero-order valence-electron chi connectivity index (χ0n) is 5.51. The average molecular weight is 127 g/mol. The highest BCUT2D eigenvalue weighted by Crippen LogP contribution is 2.35. The van der Waals surface area contributed by atoms with Gasteiger partial charge in [0, 0.05) is 12.6 Å². The van der Waals surface area contributed by atoms with E-state index in [1.54, 1.807) is 0 Å². The molecule has 1 saturated carbocycles. The first kappa shape index (κ1) is 5.69. The van der Waals surface area contributed by atoms with Crippen LogP contribution in [-0.4, -0.2) is 24.3 Å². The first-order chi connectivity index (χ1) is 4.40. The molecule has 2 nitrogen and oxygen atoms in total. The van der Waals surface area contributed by atoms with Crippen LogP contribution in [-0.2, 0) is 0 Å². The molecule has 1 aliphatic carbocycles. The molecule has 9 heavy (non-hydrogen) atoms. The first-order valence-electron chi connectivity index (χ1n) is 3.74. The number of aliphatic hydroxyl groups excluding tert-OH is 1. The summed E-state index contributed by atoms with van der Waals surface area (Å²) >= 11 is 0. The van der Waals surface area contributed by atoms with Gasteiger partial charge >= 0.3 is 0 Å². The lowest BCUT2D eigenvalue weighted by atomic mass is 9.97. The van der Waals surface area contributed by atoms with Gasteiger partial charge in [-0.2, -0.15) is 0 Å². The van der Waals surface area contributed by atoms with Gasteiger partial charge in [0.1, 0.15) is 0 Å². The summed E-state index contributed by atoms with van der Waals surface area (Å²) in [6.07, 6.45) is 2.52. The Balaban J connectivity index is 2.01. The van der Waals surface area contributed by atoms with Crippen molar-refractivity contribution in [2.45, 2.75) is 18.9 Å². The fraction of sp³-hybridized carbons (Fsp3) is 1.00. The Labute approximate surface area is 55.3 Å². The summed E-state index contributed by atoms with van der Waals surface area (Å²) in [5.74, 6) is 1.41. The number of hydrogen-bond donors (Lipinski definition) is 2. The molecule has 2 bridgehead atoms. The quantitative estimate of drug-likeness (QED) is 0.518. The molecule has 52 valence electrons. The Morgan fingerprint density at radius 1 is 1.44 bits per heavy atom. The Morgan fingerprint density at radius 2 is 2.33 bits per heavy atom. The Bertz CT molecular complexity index is 115. The molecule has 0 spiro atoms. The van der Waals surface area contributed by atoms with Crippen LogP contribution in [0.3, 0.4) is 0 Å². The molecule has 0 radical (unpaired) electrons. The van der Waals surface area contributed by atoms with Crippen molar-refractivity contribution < 1.29 is 5.11 Å². The predicted molar refractivity (Wildman–Crippen MR) is 35.1 cm³/mol. The van der Waals surface area contributed by atoms with E-state index >= 15 is 0 Å². The molecular formula is C7H13NO. The lowest BCUT2D eigenvalue weighted by molar-refractivity contribution is 0.183. The predicted octanol–water partition coefficient (Wildman–Crippen LogP) is -0.0233. The Hall–Kier alpha value is -0.0800. The van der Waals surface area contributed by atoms with Gasteiger partial charge in [0.05, 0.1) is 0 Å². The first-order valence-corrected chi connectivity index (χ1v) is 3.74. The standard InChI is InChI=1S/C7H13NO/c9-4-6-2-7-1-5(6)3-8-7/h5-9H,1-4H2/t5-,6-,7-/m0/s1. The molecule has 2 aliphatic rings. The van der Waals surface area contributed by atoms with Gasteiger partial charge in [-0.05, 0) is 31.2 Å². The van der Waals surface area contributed by atoms with E-state index in [0.717, 1.165) is 18.5 Å². The van der Waals surface area contributed by atoms with Crippen molar-refractivity contribution in [1.82, 2.24) is 5.32 Å². The highest BCUT2D eigenvalue weighted by Gasteiger charge is 2.38. The molecule has 1 saturated heterocycles. The third-order valence-electron chi connectivity index (χ3n) is 2.74. The summed E-state index contributed by atoms with van der Waals surface area (Å²) in [4.78, 5) is 0. The molecule has 3 atom stereocenters. The minimum absolute atomic E-state index is 0.406. The van der Waals surface area contributed by atoms with Gasteiger partial charge in [-0.15, -0.1) is 0 Å². The minimum atomic E-state index is 0.406. The monoisotopic (exact) mass is 127 g/mol. The zero-order chi connectivity index (χ0) is 6.27. The third kappa shape index (κ3) is 0.775. The van der Waals surface area contributed by atoms with Crippen LogP contribution in [0.5, 0.6) is 0 Å². The minimum Gasteiger partial charge on any atom is -0.396 e. The largest absolute Gasteiger partial charge is 0.396 e. The van der Waals surface area contributed by atoms with Gasteiger partial charge < -0.3 is 10.4 Å². The van der Waals surface area contributed by atoms with Crippen molar-refractivity contribution in [3.63, 3.8) is 0 Å². The van der Waals surface area contributed by atoms with Crippen molar-refractivity contribution in [1.29, 1.82) is 0 Å². The molecule has 1 heterocycles. The van der Waals surface area contributed by atoms with E-state index < -0.39 is 0 Å². The van der Waals surface area contributed by atoms with Crippen LogP contribution >= 0.6 is 0 Å². The molecular weight excluding hydrogens is 114 g/mol. The van der Waals surface area contributed by atoms with Gasteiger partial charge in [0.15, 0.2) is 0 Å². The second-order valence-corrected chi connectivity index (χ2v) is 3.28. The summed E-state index contributed by atoms with van der Waals surface area (Å²) in [5.41, 5.74) is 0. The number of nitrogens with one attached hydrogen (secondary N) is 1. The van der Waals surface area contributed by atoms with Crippen molar-refractivity contribution in [2.75, 3.05) is 13.2 Å². The summed E-state index contributed by atoms with van der Waals surface area (Å²) in [5, 5.41) is 12.3. The number of piperidine rings is 1. The fourth-order valence-corrected chi connectivity index (χ4v) is 2.17. The van der Waals surface area contributed by atoms with Gasteiger partial charge in [0.2, 0.25) is 0 Å². The van der Waals surface area contributed by atoms with E-state index in [2.05, 4.69) is 5.32 Å². The lowest BCUT2D eigenvalue weighted by Crippen LogP contribution is -2.30. The Kier molecular flexibility index (Phi) is 1.24. The summed E-state index contributed by atoms with van der Waals surface area (Å²) < 4.78 is 0. The van der Waals surface area contributed by atoms with E-state index in [1.165, 1.54) is 12.8 Å². The van der Waals surface area contributed by atoms with E-state index in [9.17, 15) is 0 Å². The fourth-order valence-electron chi connectivity index (χ4n) is 2.17. The maximum absolute atomic E-state index is 8.86. The SMILES string of the molecule is OC[C@@H]1C[C@@H]2C[C@H]1CN2. The van der Waals surface area contributed by atoms with Crippen LogP contribution in [0, 0.1) is 11.8 Å². The summed E-state index contributed by atoms with van der Waals surface area (Å²) in [6, 6.07) is 0.743. The average Bonchev–Trinajstić information content (AvgIpc) is 2.45. The number of rotatable bonds is 1. The summed E-state index contributed by atoms with van der Waals surface area (Å²) in [6.45, 7) is 1.55. The van der Waals surface area contributed by atoms with Crippen LogP contribution in [0.15, 0.2) is 0 Å². The normalized spacial score (nSPS) is 48.3. The van der Waals surface area contributed by atoms with Crippen LogP contribution in [0.2, 0.25) is 0 Å². The maximum Gasteiger partial charge on any atom is 0.0462 e. The van der Waals surface area contributed by atoms with Crippen molar-refractivity contribution in [3.05, 3.63) is 0 Å². The highest BCUT2D eigenvalue weighted by atomic mass is 16.3. The molecule has 0 amide bonds. The van der Waals surface area contributed by atoms with Gasteiger partial charge in [-0.25, -0.2) is 0 Å². The Morgan fingerprint density at radius 3 is 2.67 bits per heavy atom. The molecule has 2 rings (SSSR count). The molecule has 2 heteroatoms. The van der Waals surface area contributed by atoms with Crippen LogP contribution < -0.4 is 5.32 Å². The van der Waals surface area contributed by atoms with Crippen molar-refractivity contribution in [3.8, 4) is 0 Å². The maximum atomic E-state index is 8.86. The van der Waals surface area contributed by atoms with Crippen LogP contribution in [0.1, 0.15) is 12.8 Å². The molecule has 0 aromatic rings.